The molecule has 0 aliphatic carbocycles. The Labute approximate surface area is 100 Å². The van der Waals surface area contributed by atoms with Crippen LogP contribution in [0.4, 0.5) is 11.6 Å². The van der Waals surface area contributed by atoms with Gasteiger partial charge >= 0.3 is 0 Å². The lowest BCUT2D eigenvalue weighted by molar-refractivity contribution is 0.0904. The monoisotopic (exact) mass is 238 g/mol. The Balaban J connectivity index is 1.90. The first-order chi connectivity index (χ1) is 8.38. The zero-order valence-corrected chi connectivity index (χ0v) is 9.72. The van der Waals surface area contributed by atoms with Crippen molar-refractivity contribution in [1.82, 2.24) is 9.97 Å². The molecule has 1 fully saturated rings. The lowest BCUT2D eigenvalue weighted by Gasteiger charge is -2.23. The van der Waals surface area contributed by atoms with Gasteiger partial charge in [-0.2, -0.15) is 0 Å². The summed E-state index contributed by atoms with van der Waals surface area (Å²) in [5, 5.41) is 15.1. The van der Waals surface area contributed by atoms with E-state index >= 15 is 0 Å². The van der Waals surface area contributed by atoms with Gasteiger partial charge in [-0.1, -0.05) is 0 Å². The molecule has 17 heavy (non-hydrogen) atoms. The van der Waals surface area contributed by atoms with Crippen LogP contribution in [0.15, 0.2) is 12.4 Å². The van der Waals surface area contributed by atoms with Crippen molar-refractivity contribution in [3.05, 3.63) is 12.4 Å². The van der Waals surface area contributed by atoms with Gasteiger partial charge in [-0.15, -0.1) is 0 Å². The number of nitrogens with one attached hydrogen (secondary N) is 2. The molecule has 1 aromatic heterocycles. The zero-order valence-electron chi connectivity index (χ0n) is 9.72. The predicted octanol–water partition coefficient (Wildman–Crippen LogP) is 0.472. The molecule has 0 unspecified atom stereocenters. The van der Waals surface area contributed by atoms with E-state index in [9.17, 15) is 0 Å². The van der Waals surface area contributed by atoms with Crippen LogP contribution in [-0.4, -0.2) is 47.5 Å². The first-order valence-electron chi connectivity index (χ1n) is 5.89. The molecule has 1 aliphatic rings. The third-order valence-electron chi connectivity index (χ3n) is 2.66. The van der Waals surface area contributed by atoms with Crippen LogP contribution in [-0.2, 0) is 4.74 Å². The molecule has 3 N–H and O–H groups in total. The molecule has 1 saturated heterocycles. The number of aliphatic hydroxyl groups is 1. The van der Waals surface area contributed by atoms with Gasteiger partial charge in [0.25, 0.3) is 0 Å². The van der Waals surface area contributed by atoms with Crippen molar-refractivity contribution in [2.45, 2.75) is 18.9 Å². The van der Waals surface area contributed by atoms with Crippen molar-refractivity contribution < 1.29 is 9.84 Å². The Kier molecular flexibility index (Phi) is 4.52. The molecule has 1 aromatic rings. The number of hydrogen-bond acceptors (Lipinski definition) is 6. The highest BCUT2D eigenvalue weighted by Crippen LogP contribution is 2.14. The summed E-state index contributed by atoms with van der Waals surface area (Å²) in [7, 11) is 0. The van der Waals surface area contributed by atoms with E-state index in [1.54, 1.807) is 0 Å². The Hall–Kier alpha value is -1.40. The summed E-state index contributed by atoms with van der Waals surface area (Å²) >= 11 is 0. The highest BCUT2D eigenvalue weighted by Gasteiger charge is 2.13. The average molecular weight is 238 g/mol. The van der Waals surface area contributed by atoms with Crippen LogP contribution in [0.5, 0.6) is 0 Å². The van der Waals surface area contributed by atoms with Gasteiger partial charge in [-0.25, -0.2) is 9.97 Å². The number of hydrogen-bond donors (Lipinski definition) is 3. The lowest BCUT2D eigenvalue weighted by Crippen LogP contribution is -2.28. The molecule has 0 amide bonds. The molecular formula is C11H18N4O2. The minimum absolute atomic E-state index is 0.0900. The number of aliphatic hydroxyl groups excluding tert-OH is 1. The summed E-state index contributed by atoms with van der Waals surface area (Å²) < 4.78 is 5.30. The second kappa shape index (κ2) is 6.36. The smallest absolute Gasteiger partial charge is 0.131 e. The van der Waals surface area contributed by atoms with E-state index in [4.69, 9.17) is 9.84 Å². The third kappa shape index (κ3) is 3.83. The molecule has 2 rings (SSSR count). The Morgan fingerprint density at radius 3 is 2.82 bits per heavy atom. The molecule has 6 heteroatoms. The quantitative estimate of drug-likeness (QED) is 0.692. The minimum Gasteiger partial charge on any atom is -0.395 e. The predicted molar refractivity (Wildman–Crippen MR) is 65.1 cm³/mol. The number of ether oxygens (including phenoxy) is 1. The fourth-order valence-corrected chi connectivity index (χ4v) is 1.77. The van der Waals surface area contributed by atoms with Crippen molar-refractivity contribution in [2.75, 3.05) is 37.0 Å². The number of nitrogens with zero attached hydrogens (tertiary/aromatic N) is 2. The summed E-state index contributed by atoms with van der Waals surface area (Å²) in [5.74, 6) is 1.54. The SMILES string of the molecule is OCCNc1cc(NC2CCOCC2)ncn1. The molecule has 0 saturated carbocycles. The molecule has 94 valence electrons. The Bertz CT molecular complexity index is 342. The van der Waals surface area contributed by atoms with Crippen molar-refractivity contribution in [3.63, 3.8) is 0 Å². The van der Waals surface area contributed by atoms with Crippen molar-refractivity contribution in [3.8, 4) is 0 Å². The van der Waals surface area contributed by atoms with Gasteiger partial charge in [-0.3, -0.25) is 0 Å². The van der Waals surface area contributed by atoms with Crippen molar-refractivity contribution >= 4 is 11.6 Å². The maximum absolute atomic E-state index is 8.72. The lowest BCUT2D eigenvalue weighted by atomic mass is 10.1. The third-order valence-corrected chi connectivity index (χ3v) is 2.66. The number of aromatic nitrogens is 2. The summed E-state index contributed by atoms with van der Waals surface area (Å²) in [4.78, 5) is 8.25. The second-order valence-corrected chi connectivity index (χ2v) is 3.97. The summed E-state index contributed by atoms with van der Waals surface area (Å²) in [5.41, 5.74) is 0. The van der Waals surface area contributed by atoms with Crippen LogP contribution < -0.4 is 10.6 Å². The molecule has 0 aromatic carbocycles. The normalized spacial score (nSPS) is 16.8. The van der Waals surface area contributed by atoms with E-state index in [0.29, 0.717) is 12.6 Å². The van der Waals surface area contributed by atoms with Crippen LogP contribution in [0, 0.1) is 0 Å². The van der Waals surface area contributed by atoms with Gasteiger partial charge in [-0.05, 0) is 12.8 Å². The van der Waals surface area contributed by atoms with Crippen LogP contribution in [0.25, 0.3) is 0 Å². The molecule has 6 nitrogen and oxygen atoms in total. The average Bonchev–Trinajstić information content (AvgIpc) is 2.38. The van der Waals surface area contributed by atoms with Crippen LogP contribution in [0.3, 0.4) is 0 Å². The molecule has 0 radical (unpaired) electrons. The summed E-state index contributed by atoms with van der Waals surface area (Å²) in [6.45, 7) is 2.19. The van der Waals surface area contributed by atoms with Crippen LogP contribution in [0.2, 0.25) is 0 Å². The highest BCUT2D eigenvalue weighted by atomic mass is 16.5. The largest absolute Gasteiger partial charge is 0.395 e. The summed E-state index contributed by atoms with van der Waals surface area (Å²) in [6, 6.07) is 2.27. The topological polar surface area (TPSA) is 79.3 Å². The van der Waals surface area contributed by atoms with Crippen molar-refractivity contribution in [1.29, 1.82) is 0 Å². The van der Waals surface area contributed by atoms with Crippen molar-refractivity contribution in [2.24, 2.45) is 0 Å². The van der Waals surface area contributed by atoms with Crippen LogP contribution in [0.1, 0.15) is 12.8 Å². The highest BCUT2D eigenvalue weighted by molar-refractivity contribution is 5.46. The molecule has 0 bridgehead atoms. The van der Waals surface area contributed by atoms with Gasteiger partial charge in [0.2, 0.25) is 0 Å². The second-order valence-electron chi connectivity index (χ2n) is 3.97. The van der Waals surface area contributed by atoms with E-state index in [2.05, 4.69) is 20.6 Å². The zero-order chi connectivity index (χ0) is 11.9. The van der Waals surface area contributed by atoms with E-state index in [1.807, 2.05) is 6.07 Å². The fraction of sp³-hybridized carbons (Fsp3) is 0.636. The number of anilines is 2. The summed E-state index contributed by atoms with van der Waals surface area (Å²) in [6.07, 6.45) is 3.52. The Morgan fingerprint density at radius 2 is 2.06 bits per heavy atom. The van der Waals surface area contributed by atoms with Crippen LogP contribution >= 0.6 is 0 Å². The number of rotatable bonds is 5. The van der Waals surface area contributed by atoms with E-state index in [-0.39, 0.29) is 6.61 Å². The standard InChI is InChI=1S/C11H18N4O2/c16-4-3-12-10-7-11(14-8-13-10)15-9-1-5-17-6-2-9/h7-9,16H,1-6H2,(H2,12,13,14,15). The van der Waals surface area contributed by atoms with Gasteiger partial charge in [0.05, 0.1) is 6.61 Å². The van der Waals surface area contributed by atoms with E-state index < -0.39 is 0 Å². The first kappa shape index (κ1) is 12.1. The van der Waals surface area contributed by atoms with Gasteiger partial charge in [0.15, 0.2) is 0 Å². The fourth-order valence-electron chi connectivity index (χ4n) is 1.77. The molecule has 1 aliphatic heterocycles. The van der Waals surface area contributed by atoms with Gasteiger partial charge < -0.3 is 20.5 Å². The maximum Gasteiger partial charge on any atom is 0.131 e. The molecule has 0 spiro atoms. The van der Waals surface area contributed by atoms with Gasteiger partial charge in [0.1, 0.15) is 18.0 Å². The molecular weight excluding hydrogens is 220 g/mol. The minimum atomic E-state index is 0.0900. The van der Waals surface area contributed by atoms with E-state index in [1.165, 1.54) is 6.33 Å². The maximum atomic E-state index is 8.72. The molecule has 2 heterocycles. The molecule has 0 atom stereocenters. The van der Waals surface area contributed by atoms with E-state index in [0.717, 1.165) is 37.7 Å². The van der Waals surface area contributed by atoms with Gasteiger partial charge in [0, 0.05) is 31.9 Å². The Morgan fingerprint density at radius 1 is 1.29 bits per heavy atom. The first-order valence-corrected chi connectivity index (χ1v) is 5.89.